The van der Waals surface area contributed by atoms with Crippen LogP contribution in [0.1, 0.15) is 40.0 Å². The third kappa shape index (κ3) is 2.52. The molecular formula is C10H17Cl. The van der Waals surface area contributed by atoms with Crippen LogP contribution in [0.4, 0.5) is 0 Å². The van der Waals surface area contributed by atoms with Gasteiger partial charge >= 0.3 is 0 Å². The highest BCUT2D eigenvalue weighted by molar-refractivity contribution is 6.23. The number of hydrogen-bond acceptors (Lipinski definition) is 0. The Bertz CT molecular complexity index is 162. The van der Waals surface area contributed by atoms with Crippen molar-refractivity contribution in [2.75, 3.05) is 0 Å². The summed E-state index contributed by atoms with van der Waals surface area (Å²) in [6.07, 6.45) is 6.00. The zero-order chi connectivity index (χ0) is 8.48. The van der Waals surface area contributed by atoms with Crippen LogP contribution in [-0.4, -0.2) is 4.87 Å². The minimum Gasteiger partial charge on any atom is -0.120 e. The third-order valence-electron chi connectivity index (χ3n) is 2.61. The summed E-state index contributed by atoms with van der Waals surface area (Å²) >= 11 is 6.23. The van der Waals surface area contributed by atoms with E-state index in [-0.39, 0.29) is 4.87 Å². The number of allylic oxidation sites excluding steroid dienone is 2. The molecule has 0 aromatic heterocycles. The van der Waals surface area contributed by atoms with Crippen LogP contribution in [0.15, 0.2) is 11.6 Å². The van der Waals surface area contributed by atoms with Crippen LogP contribution < -0.4 is 0 Å². The lowest BCUT2D eigenvalue weighted by Crippen LogP contribution is -2.25. The van der Waals surface area contributed by atoms with Gasteiger partial charge in [-0.15, -0.1) is 11.6 Å². The molecule has 0 aromatic rings. The van der Waals surface area contributed by atoms with Crippen molar-refractivity contribution in [3.05, 3.63) is 11.6 Å². The van der Waals surface area contributed by atoms with E-state index < -0.39 is 0 Å². The second-order valence-electron chi connectivity index (χ2n) is 4.09. The van der Waals surface area contributed by atoms with Gasteiger partial charge in [-0.3, -0.25) is 0 Å². The summed E-state index contributed by atoms with van der Waals surface area (Å²) in [7, 11) is 0. The topological polar surface area (TPSA) is 0 Å². The molecule has 0 radical (unpaired) electrons. The van der Waals surface area contributed by atoms with E-state index in [4.69, 9.17) is 11.6 Å². The van der Waals surface area contributed by atoms with Gasteiger partial charge in [-0.2, -0.15) is 0 Å². The maximum atomic E-state index is 6.23. The van der Waals surface area contributed by atoms with Gasteiger partial charge in [0.1, 0.15) is 0 Å². The molecule has 11 heavy (non-hydrogen) atoms. The predicted molar refractivity (Wildman–Crippen MR) is 51.0 cm³/mol. The largest absolute Gasteiger partial charge is 0.120 e. The minimum atomic E-state index is -0.0167. The summed E-state index contributed by atoms with van der Waals surface area (Å²) in [4.78, 5) is -0.0167. The number of hydrogen-bond donors (Lipinski definition) is 0. The zero-order valence-electron chi connectivity index (χ0n) is 7.65. The lowest BCUT2D eigenvalue weighted by atomic mass is 9.82. The van der Waals surface area contributed by atoms with Gasteiger partial charge in [0.25, 0.3) is 0 Å². The summed E-state index contributed by atoms with van der Waals surface area (Å²) < 4.78 is 0. The highest BCUT2D eigenvalue weighted by atomic mass is 35.5. The third-order valence-corrected chi connectivity index (χ3v) is 2.92. The summed E-state index contributed by atoms with van der Waals surface area (Å²) in [5, 5.41) is 0. The van der Waals surface area contributed by atoms with Crippen LogP contribution in [0.2, 0.25) is 0 Å². The van der Waals surface area contributed by atoms with Crippen molar-refractivity contribution in [3.63, 3.8) is 0 Å². The van der Waals surface area contributed by atoms with Crippen molar-refractivity contribution < 1.29 is 0 Å². The van der Waals surface area contributed by atoms with E-state index in [1.807, 2.05) is 0 Å². The van der Waals surface area contributed by atoms with Crippen LogP contribution in [0, 0.1) is 5.92 Å². The van der Waals surface area contributed by atoms with E-state index in [1.54, 1.807) is 0 Å². The first-order valence-electron chi connectivity index (χ1n) is 4.34. The number of rotatable bonds is 1. The van der Waals surface area contributed by atoms with Gasteiger partial charge in [-0.1, -0.05) is 11.6 Å². The van der Waals surface area contributed by atoms with E-state index in [0.29, 0.717) is 5.92 Å². The van der Waals surface area contributed by atoms with Gasteiger partial charge < -0.3 is 0 Å². The Labute approximate surface area is 74.6 Å². The molecule has 0 N–H and O–H groups in total. The van der Waals surface area contributed by atoms with Crippen LogP contribution in [-0.2, 0) is 0 Å². The molecule has 1 heteroatoms. The molecule has 0 fully saturated rings. The van der Waals surface area contributed by atoms with E-state index in [2.05, 4.69) is 26.8 Å². The average molecular weight is 173 g/mol. The first-order chi connectivity index (χ1) is 5.00. The second kappa shape index (κ2) is 3.18. The van der Waals surface area contributed by atoms with Crippen LogP contribution in [0.3, 0.4) is 0 Å². The maximum Gasteiger partial charge on any atom is 0.0421 e. The molecule has 1 rings (SSSR count). The van der Waals surface area contributed by atoms with E-state index >= 15 is 0 Å². The Balaban J connectivity index is 2.54. The molecule has 0 amide bonds. The molecule has 0 aliphatic heterocycles. The van der Waals surface area contributed by atoms with E-state index in [9.17, 15) is 0 Å². The Hall–Kier alpha value is 0.0300. The Morgan fingerprint density at radius 3 is 2.55 bits per heavy atom. The van der Waals surface area contributed by atoms with Gasteiger partial charge in [0.15, 0.2) is 0 Å². The molecule has 0 bridgehead atoms. The summed E-state index contributed by atoms with van der Waals surface area (Å²) in [6, 6.07) is 0. The molecule has 0 spiro atoms. The van der Waals surface area contributed by atoms with Crippen LogP contribution in [0.25, 0.3) is 0 Å². The molecule has 0 heterocycles. The molecule has 1 atom stereocenters. The highest BCUT2D eigenvalue weighted by Gasteiger charge is 2.27. The van der Waals surface area contributed by atoms with Crippen LogP contribution >= 0.6 is 11.6 Å². The molecule has 1 aliphatic carbocycles. The minimum absolute atomic E-state index is 0.0167. The van der Waals surface area contributed by atoms with Crippen molar-refractivity contribution in [1.29, 1.82) is 0 Å². The summed E-state index contributed by atoms with van der Waals surface area (Å²) in [5.74, 6) is 0.674. The van der Waals surface area contributed by atoms with Crippen molar-refractivity contribution in [2.24, 2.45) is 5.92 Å². The molecule has 0 aromatic carbocycles. The predicted octanol–water partition coefficient (Wildman–Crippen LogP) is 3.75. The SMILES string of the molecule is CC1=CC[C@@H](C(C)(C)Cl)CC1. The molecular weight excluding hydrogens is 156 g/mol. The average Bonchev–Trinajstić information content (AvgIpc) is 1.86. The van der Waals surface area contributed by atoms with Gasteiger partial charge in [0.05, 0.1) is 0 Å². The summed E-state index contributed by atoms with van der Waals surface area (Å²) in [6.45, 7) is 6.44. The maximum absolute atomic E-state index is 6.23. The lowest BCUT2D eigenvalue weighted by molar-refractivity contribution is 0.377. The Morgan fingerprint density at radius 2 is 2.18 bits per heavy atom. The monoisotopic (exact) mass is 172 g/mol. The van der Waals surface area contributed by atoms with Crippen LogP contribution in [0.5, 0.6) is 0 Å². The first-order valence-corrected chi connectivity index (χ1v) is 4.72. The van der Waals surface area contributed by atoms with Crippen molar-refractivity contribution in [1.82, 2.24) is 0 Å². The second-order valence-corrected chi connectivity index (χ2v) is 5.06. The molecule has 64 valence electrons. The number of alkyl halides is 1. The van der Waals surface area contributed by atoms with Gasteiger partial charge in [-0.25, -0.2) is 0 Å². The standard InChI is InChI=1S/C10H17Cl/c1-8-4-6-9(7-5-8)10(2,3)11/h4,9H,5-7H2,1-3H3/t9-/m1/s1. The fourth-order valence-corrected chi connectivity index (χ4v) is 1.79. The van der Waals surface area contributed by atoms with Crippen molar-refractivity contribution in [2.45, 2.75) is 44.9 Å². The molecule has 0 unspecified atom stereocenters. The Kier molecular flexibility index (Phi) is 2.64. The van der Waals surface area contributed by atoms with E-state index in [0.717, 1.165) is 0 Å². The Morgan fingerprint density at radius 1 is 1.55 bits per heavy atom. The normalized spacial score (nSPS) is 26.5. The lowest BCUT2D eigenvalue weighted by Gasteiger charge is -2.30. The fraction of sp³-hybridized carbons (Fsp3) is 0.800. The fourth-order valence-electron chi connectivity index (χ4n) is 1.59. The smallest absolute Gasteiger partial charge is 0.0421 e. The number of halogens is 1. The highest BCUT2D eigenvalue weighted by Crippen LogP contribution is 2.35. The van der Waals surface area contributed by atoms with Crippen molar-refractivity contribution >= 4 is 11.6 Å². The van der Waals surface area contributed by atoms with E-state index in [1.165, 1.54) is 24.8 Å². The van der Waals surface area contributed by atoms with Gasteiger partial charge in [0, 0.05) is 4.87 Å². The quantitative estimate of drug-likeness (QED) is 0.418. The zero-order valence-corrected chi connectivity index (χ0v) is 8.41. The van der Waals surface area contributed by atoms with Gasteiger partial charge in [-0.05, 0) is 46.0 Å². The molecule has 1 aliphatic rings. The molecule has 0 saturated heterocycles. The van der Waals surface area contributed by atoms with Gasteiger partial charge in [0.2, 0.25) is 0 Å². The molecule has 0 nitrogen and oxygen atoms in total. The summed E-state index contributed by atoms with van der Waals surface area (Å²) in [5.41, 5.74) is 1.53. The van der Waals surface area contributed by atoms with Crippen molar-refractivity contribution in [3.8, 4) is 0 Å². The first kappa shape index (κ1) is 9.12. The molecule has 0 saturated carbocycles.